The maximum Gasteiger partial charge on any atom is 0.305 e. The first-order chi connectivity index (χ1) is 35.3. The fourth-order valence-electron chi connectivity index (χ4n) is 7.87. The summed E-state index contributed by atoms with van der Waals surface area (Å²) in [5.74, 6) is -0.450. The molecule has 0 saturated carbocycles. The number of esters is 3. The van der Waals surface area contributed by atoms with E-state index >= 15 is 0 Å². The molecule has 0 fully saturated rings. The van der Waals surface area contributed by atoms with Gasteiger partial charge in [0.2, 0.25) is 0 Å². The van der Waals surface area contributed by atoms with Gasteiger partial charge in [0.1, 0.15) is 40.1 Å². The lowest BCUT2D eigenvalue weighted by Crippen LogP contribution is -2.34. The zero-order chi connectivity index (χ0) is 52.6. The van der Waals surface area contributed by atoms with E-state index in [4.69, 9.17) is 61.6 Å². The zero-order valence-corrected chi connectivity index (χ0v) is 46.7. The van der Waals surface area contributed by atoms with Gasteiger partial charge in [0, 0.05) is 52.3 Å². The SMILES string of the molecule is CCOCOCC(CCCCCCCCOC(=O)CCCCCCCC(OCOCC)C(CCCCCCCC(=O)OCCCCCCCCC(COCOCC)OCOCC)OC(=O)CC)OCOCC. The molecule has 0 radical (unpaired) electrons. The van der Waals surface area contributed by atoms with Crippen molar-refractivity contribution in [3.05, 3.63) is 0 Å². The van der Waals surface area contributed by atoms with Crippen LogP contribution in [0.1, 0.15) is 228 Å². The number of ether oxygens (including phenoxy) is 13. The molecule has 0 rings (SSSR count). The van der Waals surface area contributed by atoms with Crippen LogP contribution in [0.3, 0.4) is 0 Å². The van der Waals surface area contributed by atoms with Crippen molar-refractivity contribution < 1.29 is 76.0 Å². The number of carbonyl (C=O) groups excluding carboxylic acids is 3. The summed E-state index contributed by atoms with van der Waals surface area (Å²) < 4.78 is 72.6. The lowest BCUT2D eigenvalue weighted by Gasteiger charge is -2.27. The van der Waals surface area contributed by atoms with Crippen LogP contribution in [0.4, 0.5) is 0 Å². The second-order valence-electron chi connectivity index (χ2n) is 18.3. The molecule has 0 N–H and O–H groups in total. The number of carbonyl (C=O) groups is 3. The van der Waals surface area contributed by atoms with E-state index in [1.807, 2.05) is 41.5 Å². The topological polar surface area (TPSA) is 171 Å². The molecule has 428 valence electrons. The molecular formula is C56H108O16. The quantitative estimate of drug-likeness (QED) is 0.0244. The molecule has 72 heavy (non-hydrogen) atoms. The molecular weight excluding hydrogens is 929 g/mol. The summed E-state index contributed by atoms with van der Waals surface area (Å²) in [5, 5.41) is 0. The molecule has 0 bridgehead atoms. The summed E-state index contributed by atoms with van der Waals surface area (Å²) >= 11 is 0. The Morgan fingerprint density at radius 3 is 1.06 bits per heavy atom. The summed E-state index contributed by atoms with van der Waals surface area (Å²) in [6.45, 7) is 17.9. The Bertz CT molecular complexity index is 1150. The van der Waals surface area contributed by atoms with Crippen LogP contribution in [0.5, 0.6) is 0 Å². The lowest BCUT2D eigenvalue weighted by atomic mass is 9.99. The van der Waals surface area contributed by atoms with E-state index in [9.17, 15) is 14.4 Å². The van der Waals surface area contributed by atoms with E-state index < -0.39 is 0 Å². The Labute approximate surface area is 438 Å². The highest BCUT2D eigenvalue weighted by Crippen LogP contribution is 2.22. The van der Waals surface area contributed by atoms with E-state index in [1.54, 1.807) is 0 Å². The minimum atomic E-state index is -0.336. The van der Waals surface area contributed by atoms with Crippen molar-refractivity contribution in [2.24, 2.45) is 0 Å². The predicted octanol–water partition coefficient (Wildman–Crippen LogP) is 12.5. The Kier molecular flexibility index (Phi) is 55.2. The van der Waals surface area contributed by atoms with Crippen LogP contribution in [0.25, 0.3) is 0 Å². The van der Waals surface area contributed by atoms with E-state index in [1.165, 1.54) is 0 Å². The van der Waals surface area contributed by atoms with E-state index in [0.29, 0.717) is 78.7 Å². The van der Waals surface area contributed by atoms with Crippen molar-refractivity contribution >= 4 is 17.9 Å². The maximum absolute atomic E-state index is 12.5. The van der Waals surface area contributed by atoms with Gasteiger partial charge in [-0.1, -0.05) is 116 Å². The largest absolute Gasteiger partial charge is 0.466 e. The molecule has 0 aliphatic rings. The van der Waals surface area contributed by atoms with Gasteiger partial charge in [-0.25, -0.2) is 0 Å². The van der Waals surface area contributed by atoms with Gasteiger partial charge in [0.25, 0.3) is 0 Å². The van der Waals surface area contributed by atoms with Crippen molar-refractivity contribution in [2.75, 3.05) is 93.4 Å². The number of unbranched alkanes of at least 4 members (excludes halogenated alkanes) is 18. The Morgan fingerprint density at radius 1 is 0.319 bits per heavy atom. The van der Waals surface area contributed by atoms with Gasteiger partial charge < -0.3 is 61.6 Å². The first-order valence-electron chi connectivity index (χ1n) is 28.7. The first-order valence-corrected chi connectivity index (χ1v) is 28.7. The van der Waals surface area contributed by atoms with E-state index in [0.717, 1.165) is 167 Å². The van der Waals surface area contributed by atoms with Crippen LogP contribution in [-0.2, 0) is 76.0 Å². The fourth-order valence-corrected chi connectivity index (χ4v) is 7.87. The van der Waals surface area contributed by atoms with Gasteiger partial charge in [0.15, 0.2) is 0 Å². The Morgan fingerprint density at radius 2 is 0.653 bits per heavy atom. The van der Waals surface area contributed by atoms with Gasteiger partial charge in [-0.3, -0.25) is 14.4 Å². The van der Waals surface area contributed by atoms with Crippen LogP contribution in [-0.4, -0.2) is 136 Å². The molecule has 0 aromatic heterocycles. The van der Waals surface area contributed by atoms with Gasteiger partial charge in [-0.15, -0.1) is 0 Å². The molecule has 16 heteroatoms. The van der Waals surface area contributed by atoms with Crippen molar-refractivity contribution in [2.45, 2.75) is 252 Å². The summed E-state index contributed by atoms with van der Waals surface area (Å²) in [6.07, 6.45) is 26.2. The third-order valence-corrected chi connectivity index (χ3v) is 12.2. The second kappa shape index (κ2) is 56.7. The van der Waals surface area contributed by atoms with E-state index in [2.05, 4.69) is 0 Å². The molecule has 0 saturated heterocycles. The van der Waals surface area contributed by atoms with Crippen molar-refractivity contribution in [1.82, 2.24) is 0 Å². The average molecular weight is 1040 g/mol. The normalized spacial score (nSPS) is 13.2. The van der Waals surface area contributed by atoms with E-state index in [-0.39, 0.29) is 76.3 Å². The highest BCUT2D eigenvalue weighted by molar-refractivity contribution is 5.69. The number of rotatable bonds is 59. The highest BCUT2D eigenvalue weighted by atomic mass is 16.7. The standard InChI is InChI=1S/C56H108O16/c1-7-54(57)72-53(38-30-22-18-24-32-40-56(59)68-42-34-26-16-14-20-28-36-51(70-48-63-11-5)44-66-46-61-9-3)52(71-49-64-12-6)37-29-21-17-23-31-39-55(58)67-41-33-25-15-13-19-27-35-50(69-47-62-10-4)43-65-45-60-8-2/h50-53H,7-49H2,1-6H3. The molecule has 0 spiro atoms. The van der Waals surface area contributed by atoms with Crippen LogP contribution in [0, 0.1) is 0 Å². The lowest BCUT2D eigenvalue weighted by molar-refractivity contribution is -0.169. The molecule has 0 aliphatic carbocycles. The van der Waals surface area contributed by atoms with Crippen molar-refractivity contribution in [3.63, 3.8) is 0 Å². The van der Waals surface area contributed by atoms with Crippen molar-refractivity contribution in [1.29, 1.82) is 0 Å². The molecule has 0 amide bonds. The third-order valence-electron chi connectivity index (χ3n) is 12.2. The predicted molar refractivity (Wildman–Crippen MR) is 280 cm³/mol. The fraction of sp³-hybridized carbons (Fsp3) is 0.946. The average Bonchev–Trinajstić information content (AvgIpc) is 3.38. The summed E-state index contributed by atoms with van der Waals surface area (Å²) in [5.41, 5.74) is 0. The van der Waals surface area contributed by atoms with Gasteiger partial charge in [-0.2, -0.15) is 0 Å². The molecule has 0 aliphatic heterocycles. The zero-order valence-electron chi connectivity index (χ0n) is 46.7. The highest BCUT2D eigenvalue weighted by Gasteiger charge is 2.25. The maximum atomic E-state index is 12.5. The summed E-state index contributed by atoms with van der Waals surface area (Å²) in [7, 11) is 0. The molecule has 0 heterocycles. The van der Waals surface area contributed by atoms with Crippen LogP contribution in [0.2, 0.25) is 0 Å². The van der Waals surface area contributed by atoms with Crippen LogP contribution >= 0.6 is 0 Å². The van der Waals surface area contributed by atoms with Crippen LogP contribution < -0.4 is 0 Å². The second-order valence-corrected chi connectivity index (χ2v) is 18.3. The Hall–Kier alpha value is -1.99. The number of hydrogen-bond acceptors (Lipinski definition) is 16. The minimum Gasteiger partial charge on any atom is -0.466 e. The number of hydrogen-bond donors (Lipinski definition) is 0. The van der Waals surface area contributed by atoms with Gasteiger partial charge in [-0.05, 0) is 92.4 Å². The molecule has 0 aromatic carbocycles. The van der Waals surface area contributed by atoms with Crippen molar-refractivity contribution in [3.8, 4) is 0 Å². The summed E-state index contributed by atoms with van der Waals surface area (Å²) in [6, 6.07) is 0. The molecule has 4 unspecified atom stereocenters. The minimum absolute atomic E-state index is 0.00590. The molecule has 16 nitrogen and oxygen atoms in total. The third kappa shape index (κ3) is 48.9. The monoisotopic (exact) mass is 1040 g/mol. The van der Waals surface area contributed by atoms with Crippen LogP contribution in [0.15, 0.2) is 0 Å². The molecule has 4 atom stereocenters. The van der Waals surface area contributed by atoms with Gasteiger partial charge in [0.05, 0.1) is 44.7 Å². The van der Waals surface area contributed by atoms with Gasteiger partial charge >= 0.3 is 17.9 Å². The first kappa shape index (κ1) is 70.0. The molecule has 0 aromatic rings. The Balaban J connectivity index is 4.24. The summed E-state index contributed by atoms with van der Waals surface area (Å²) in [4.78, 5) is 37.2. The smallest absolute Gasteiger partial charge is 0.305 e.